The highest BCUT2D eigenvalue weighted by atomic mass is 16.5. The maximum absolute atomic E-state index is 11.9. The first kappa shape index (κ1) is 16.8. The Bertz CT molecular complexity index is 540. The van der Waals surface area contributed by atoms with Crippen molar-refractivity contribution in [3.8, 4) is 5.75 Å². The van der Waals surface area contributed by atoms with Crippen molar-refractivity contribution in [1.82, 2.24) is 0 Å². The number of hydrogen-bond donors (Lipinski definition) is 1. The van der Waals surface area contributed by atoms with Crippen LogP contribution in [-0.4, -0.2) is 17.7 Å². The van der Waals surface area contributed by atoms with Crippen molar-refractivity contribution in [3.63, 3.8) is 0 Å². The first-order valence-electron chi connectivity index (χ1n) is 8.12. The third-order valence-corrected chi connectivity index (χ3v) is 4.49. The van der Waals surface area contributed by atoms with Crippen LogP contribution in [0.2, 0.25) is 0 Å². The van der Waals surface area contributed by atoms with Crippen molar-refractivity contribution >= 4 is 5.97 Å². The fourth-order valence-corrected chi connectivity index (χ4v) is 3.05. The van der Waals surface area contributed by atoms with E-state index >= 15 is 0 Å². The van der Waals surface area contributed by atoms with E-state index in [9.17, 15) is 4.79 Å². The second-order valence-electron chi connectivity index (χ2n) is 6.47. The first-order valence-corrected chi connectivity index (χ1v) is 8.12. The molecular weight excluding hydrogens is 276 g/mol. The predicted molar refractivity (Wildman–Crippen MR) is 88.1 cm³/mol. The zero-order chi connectivity index (χ0) is 16.1. The molecule has 0 amide bonds. The normalized spacial score (nSPS) is 21.4. The van der Waals surface area contributed by atoms with E-state index in [1.807, 2.05) is 12.1 Å². The van der Waals surface area contributed by atoms with Gasteiger partial charge in [-0.3, -0.25) is 0 Å². The van der Waals surface area contributed by atoms with Gasteiger partial charge in [0, 0.05) is 12.2 Å². The summed E-state index contributed by atoms with van der Waals surface area (Å²) in [6.45, 7) is 7.69. The van der Waals surface area contributed by atoms with Crippen LogP contribution < -0.4 is 4.74 Å². The molecule has 0 atom stereocenters. The average Bonchev–Trinajstić information content (AvgIpc) is 2.49. The standard InChI is InChI=1S/C19H26O3/c1-13(2)19(21)22-18-12-15(10-11-20)6-9-17(18)16-7-4-14(3)5-8-16/h6,9,12,14,16,20H,1,4-5,7-8,10-11H2,2-3H3. The second-order valence-corrected chi connectivity index (χ2v) is 6.47. The van der Waals surface area contributed by atoms with Crippen molar-refractivity contribution < 1.29 is 14.6 Å². The molecule has 3 nitrogen and oxygen atoms in total. The molecule has 1 aromatic carbocycles. The fraction of sp³-hybridized carbons (Fsp3) is 0.526. The van der Waals surface area contributed by atoms with Crippen LogP contribution in [0.4, 0.5) is 0 Å². The minimum atomic E-state index is -0.383. The van der Waals surface area contributed by atoms with Crippen LogP contribution in [0.25, 0.3) is 0 Å². The molecule has 0 aliphatic heterocycles. The summed E-state index contributed by atoms with van der Waals surface area (Å²) in [7, 11) is 0. The number of aliphatic hydroxyl groups is 1. The summed E-state index contributed by atoms with van der Waals surface area (Å²) < 4.78 is 5.55. The summed E-state index contributed by atoms with van der Waals surface area (Å²) in [4.78, 5) is 11.9. The fourth-order valence-electron chi connectivity index (χ4n) is 3.05. The minimum absolute atomic E-state index is 0.0914. The third-order valence-electron chi connectivity index (χ3n) is 4.49. The number of esters is 1. The Morgan fingerprint density at radius 3 is 2.59 bits per heavy atom. The number of carbonyl (C=O) groups excluding carboxylic acids is 1. The van der Waals surface area contributed by atoms with E-state index in [4.69, 9.17) is 9.84 Å². The van der Waals surface area contributed by atoms with Gasteiger partial charge in [0.2, 0.25) is 0 Å². The van der Waals surface area contributed by atoms with E-state index in [-0.39, 0.29) is 12.6 Å². The molecule has 0 unspecified atom stereocenters. The highest BCUT2D eigenvalue weighted by Gasteiger charge is 2.23. The molecule has 0 bridgehead atoms. The van der Waals surface area contributed by atoms with E-state index in [1.54, 1.807) is 6.92 Å². The highest BCUT2D eigenvalue weighted by molar-refractivity contribution is 5.89. The molecule has 1 aliphatic rings. The van der Waals surface area contributed by atoms with Gasteiger partial charge in [0.25, 0.3) is 0 Å². The Morgan fingerprint density at radius 1 is 1.32 bits per heavy atom. The molecule has 2 rings (SSSR count). The molecule has 0 saturated heterocycles. The van der Waals surface area contributed by atoms with Crippen LogP contribution in [0.5, 0.6) is 5.75 Å². The van der Waals surface area contributed by atoms with Crippen molar-refractivity contribution in [2.45, 2.75) is 51.9 Å². The number of hydrogen-bond acceptors (Lipinski definition) is 3. The number of carbonyl (C=O) groups is 1. The van der Waals surface area contributed by atoms with Crippen LogP contribution in [0, 0.1) is 5.92 Å². The largest absolute Gasteiger partial charge is 0.423 e. The SMILES string of the molecule is C=C(C)C(=O)Oc1cc(CCO)ccc1C1CCC(C)CC1. The Balaban J connectivity index is 2.26. The van der Waals surface area contributed by atoms with Gasteiger partial charge < -0.3 is 9.84 Å². The lowest BCUT2D eigenvalue weighted by molar-refractivity contribution is -0.130. The monoisotopic (exact) mass is 302 g/mol. The molecule has 1 N–H and O–H groups in total. The zero-order valence-electron chi connectivity index (χ0n) is 13.6. The molecule has 1 fully saturated rings. The van der Waals surface area contributed by atoms with Gasteiger partial charge in [-0.15, -0.1) is 0 Å². The summed E-state index contributed by atoms with van der Waals surface area (Å²) in [5.74, 6) is 1.49. The van der Waals surface area contributed by atoms with Gasteiger partial charge in [0.15, 0.2) is 0 Å². The maximum atomic E-state index is 11.9. The Labute approximate surface area is 133 Å². The summed E-state index contributed by atoms with van der Waals surface area (Å²) in [6, 6.07) is 5.98. The number of ether oxygens (including phenoxy) is 1. The summed E-state index contributed by atoms with van der Waals surface area (Å²) in [5, 5.41) is 9.11. The lowest BCUT2D eigenvalue weighted by Crippen LogP contribution is -2.15. The van der Waals surface area contributed by atoms with Crippen LogP contribution in [0.3, 0.4) is 0 Å². The maximum Gasteiger partial charge on any atom is 0.338 e. The van der Waals surface area contributed by atoms with E-state index in [0.717, 1.165) is 29.9 Å². The van der Waals surface area contributed by atoms with E-state index in [2.05, 4.69) is 19.6 Å². The van der Waals surface area contributed by atoms with Gasteiger partial charge in [0.05, 0.1) is 0 Å². The molecule has 0 heterocycles. The summed E-state index contributed by atoms with van der Waals surface area (Å²) in [6.07, 6.45) is 5.28. The molecule has 1 aliphatic carbocycles. The van der Waals surface area contributed by atoms with Crippen LogP contribution in [0.1, 0.15) is 56.6 Å². The van der Waals surface area contributed by atoms with Crippen LogP contribution >= 0.6 is 0 Å². The second kappa shape index (κ2) is 7.59. The predicted octanol–water partition coefficient (Wildman–Crippen LogP) is 4.00. The van der Waals surface area contributed by atoms with Gasteiger partial charge >= 0.3 is 5.97 Å². The van der Waals surface area contributed by atoms with Crippen molar-refractivity contribution in [1.29, 1.82) is 0 Å². The van der Waals surface area contributed by atoms with Crippen molar-refractivity contribution in [3.05, 3.63) is 41.5 Å². The first-order chi connectivity index (χ1) is 10.5. The van der Waals surface area contributed by atoms with Gasteiger partial charge in [-0.05, 0) is 55.2 Å². The van der Waals surface area contributed by atoms with Crippen LogP contribution in [0.15, 0.2) is 30.4 Å². The third kappa shape index (κ3) is 4.20. The molecule has 22 heavy (non-hydrogen) atoms. The van der Waals surface area contributed by atoms with E-state index in [1.165, 1.54) is 12.8 Å². The van der Waals surface area contributed by atoms with E-state index < -0.39 is 0 Å². The van der Waals surface area contributed by atoms with Crippen molar-refractivity contribution in [2.75, 3.05) is 6.61 Å². The highest BCUT2D eigenvalue weighted by Crippen LogP contribution is 2.40. The Morgan fingerprint density at radius 2 is 2.00 bits per heavy atom. The molecule has 0 aromatic heterocycles. The van der Waals surface area contributed by atoms with Crippen molar-refractivity contribution in [2.24, 2.45) is 5.92 Å². The van der Waals surface area contributed by atoms with Gasteiger partial charge in [-0.1, -0.05) is 38.5 Å². The summed E-state index contributed by atoms with van der Waals surface area (Å²) >= 11 is 0. The zero-order valence-corrected chi connectivity index (χ0v) is 13.6. The molecule has 0 spiro atoms. The quantitative estimate of drug-likeness (QED) is 0.508. The molecule has 120 valence electrons. The van der Waals surface area contributed by atoms with E-state index in [0.29, 0.717) is 23.7 Å². The molecule has 3 heteroatoms. The molecule has 0 radical (unpaired) electrons. The van der Waals surface area contributed by atoms with Gasteiger partial charge in [-0.25, -0.2) is 4.79 Å². The van der Waals surface area contributed by atoms with Crippen LogP contribution in [-0.2, 0) is 11.2 Å². The minimum Gasteiger partial charge on any atom is -0.423 e. The molecule has 1 saturated carbocycles. The summed E-state index contributed by atoms with van der Waals surface area (Å²) in [5.41, 5.74) is 2.50. The number of rotatable bonds is 5. The lowest BCUT2D eigenvalue weighted by Gasteiger charge is -2.28. The Kier molecular flexibility index (Phi) is 5.78. The smallest absolute Gasteiger partial charge is 0.338 e. The van der Waals surface area contributed by atoms with Gasteiger partial charge in [-0.2, -0.15) is 0 Å². The number of aliphatic hydroxyl groups excluding tert-OH is 1. The number of benzene rings is 1. The van der Waals surface area contributed by atoms with Gasteiger partial charge in [0.1, 0.15) is 5.75 Å². The topological polar surface area (TPSA) is 46.5 Å². The average molecular weight is 302 g/mol. The Hall–Kier alpha value is -1.61. The molecule has 1 aromatic rings. The molecular formula is C19H26O3. The lowest BCUT2D eigenvalue weighted by atomic mass is 9.79.